The predicted octanol–water partition coefficient (Wildman–Crippen LogP) is 5.99. The fraction of sp³-hybridized carbons (Fsp3) is 0.130. The summed E-state index contributed by atoms with van der Waals surface area (Å²) in [7, 11) is 0. The van der Waals surface area contributed by atoms with Crippen molar-refractivity contribution >= 4 is 44.5 Å². The highest BCUT2D eigenvalue weighted by Crippen LogP contribution is 2.24. The molecule has 0 aliphatic heterocycles. The quantitative estimate of drug-likeness (QED) is 0.391. The minimum atomic E-state index is -0.290. The van der Waals surface area contributed by atoms with Gasteiger partial charge in [0.25, 0.3) is 5.91 Å². The molecule has 1 amide bonds. The highest BCUT2D eigenvalue weighted by molar-refractivity contribution is 9.10. The minimum absolute atomic E-state index is 0.217. The Morgan fingerprint density at radius 2 is 1.76 bits per heavy atom. The molecule has 0 aliphatic rings. The Balaban J connectivity index is 1.68. The molecule has 1 aromatic heterocycles. The van der Waals surface area contributed by atoms with Crippen LogP contribution in [0, 0.1) is 0 Å². The molecule has 0 spiro atoms. The lowest BCUT2D eigenvalue weighted by Crippen LogP contribution is -2.29. The molecular weight excluding hydrogens is 450 g/mol. The number of aromatic nitrogens is 2. The molecule has 4 rings (SSSR count). The molecular formula is C23H19BrClN3O. The van der Waals surface area contributed by atoms with E-state index in [1.165, 1.54) is 0 Å². The summed E-state index contributed by atoms with van der Waals surface area (Å²) in [6.07, 6.45) is 0. The van der Waals surface area contributed by atoms with Crippen LogP contribution < -0.4 is 5.32 Å². The fourth-order valence-electron chi connectivity index (χ4n) is 3.35. The molecule has 1 heterocycles. The van der Waals surface area contributed by atoms with Gasteiger partial charge in [0.05, 0.1) is 27.7 Å². The molecule has 29 heavy (non-hydrogen) atoms. The van der Waals surface area contributed by atoms with E-state index in [0.29, 0.717) is 17.1 Å². The number of benzene rings is 3. The van der Waals surface area contributed by atoms with Gasteiger partial charge >= 0.3 is 0 Å². The maximum Gasteiger partial charge on any atom is 0.253 e. The first kappa shape index (κ1) is 19.7. The number of nitrogens with one attached hydrogen (secondary N) is 1. The second kappa shape index (κ2) is 8.39. The average molecular weight is 469 g/mol. The van der Waals surface area contributed by atoms with E-state index in [1.807, 2.05) is 43.3 Å². The summed E-state index contributed by atoms with van der Waals surface area (Å²) < 4.78 is 3.19. The standard InChI is InChI=1S/C23H19BrClN3O/c1-15(26-23(29)18-6-2-3-7-19(18)25)22-27-20-8-4-5-9-21(20)28(22)14-16-10-12-17(24)13-11-16/h2-13,15H,14H2,1H3,(H,26,29). The zero-order chi connectivity index (χ0) is 20.4. The molecule has 0 fully saturated rings. The lowest BCUT2D eigenvalue weighted by atomic mass is 10.2. The van der Waals surface area contributed by atoms with Gasteiger partial charge in [0.15, 0.2) is 0 Å². The maximum absolute atomic E-state index is 12.7. The summed E-state index contributed by atoms with van der Waals surface area (Å²) >= 11 is 9.66. The van der Waals surface area contributed by atoms with Crippen molar-refractivity contribution in [2.45, 2.75) is 19.5 Å². The largest absolute Gasteiger partial charge is 0.342 e. The van der Waals surface area contributed by atoms with Crippen molar-refractivity contribution in [3.8, 4) is 0 Å². The zero-order valence-electron chi connectivity index (χ0n) is 15.8. The summed E-state index contributed by atoms with van der Waals surface area (Å²) in [5.74, 6) is 0.583. The molecule has 4 nitrogen and oxygen atoms in total. The Kier molecular flexibility index (Phi) is 5.69. The second-order valence-corrected chi connectivity index (χ2v) is 8.17. The van der Waals surface area contributed by atoms with Crippen LogP contribution in [0.5, 0.6) is 0 Å². The van der Waals surface area contributed by atoms with Gasteiger partial charge < -0.3 is 9.88 Å². The first-order valence-electron chi connectivity index (χ1n) is 9.28. The van der Waals surface area contributed by atoms with Gasteiger partial charge in [-0.15, -0.1) is 0 Å². The number of amides is 1. The van der Waals surface area contributed by atoms with Crippen LogP contribution in [0.1, 0.15) is 34.7 Å². The first-order valence-corrected chi connectivity index (χ1v) is 10.4. The second-order valence-electron chi connectivity index (χ2n) is 6.85. The summed E-state index contributed by atoms with van der Waals surface area (Å²) in [4.78, 5) is 17.5. The molecule has 1 unspecified atom stereocenters. The van der Waals surface area contributed by atoms with E-state index < -0.39 is 0 Å². The molecule has 3 aromatic carbocycles. The average Bonchev–Trinajstić information content (AvgIpc) is 3.08. The number of halogens is 2. The van der Waals surface area contributed by atoms with Crippen LogP contribution in [0.15, 0.2) is 77.3 Å². The number of para-hydroxylation sites is 2. The normalized spacial score (nSPS) is 12.1. The van der Waals surface area contributed by atoms with Crippen molar-refractivity contribution in [2.75, 3.05) is 0 Å². The van der Waals surface area contributed by atoms with Gasteiger partial charge in [0.2, 0.25) is 0 Å². The van der Waals surface area contributed by atoms with Crippen LogP contribution in [0.3, 0.4) is 0 Å². The number of carbonyl (C=O) groups excluding carboxylic acids is 1. The lowest BCUT2D eigenvalue weighted by Gasteiger charge is -2.17. The Bertz CT molecular complexity index is 1170. The van der Waals surface area contributed by atoms with Gasteiger partial charge in [0, 0.05) is 11.0 Å². The first-order chi connectivity index (χ1) is 14.0. The number of fused-ring (bicyclic) bond motifs is 1. The van der Waals surface area contributed by atoms with Gasteiger partial charge in [-0.2, -0.15) is 0 Å². The Labute approximate surface area is 182 Å². The van der Waals surface area contributed by atoms with E-state index in [9.17, 15) is 4.79 Å². The molecule has 1 N–H and O–H groups in total. The van der Waals surface area contributed by atoms with E-state index in [1.54, 1.807) is 24.3 Å². The van der Waals surface area contributed by atoms with Gasteiger partial charge in [-0.25, -0.2) is 4.98 Å². The molecule has 0 saturated heterocycles. The number of carbonyl (C=O) groups is 1. The zero-order valence-corrected chi connectivity index (χ0v) is 18.1. The smallest absolute Gasteiger partial charge is 0.253 e. The summed E-state index contributed by atoms with van der Waals surface area (Å²) in [6.45, 7) is 2.60. The fourth-order valence-corrected chi connectivity index (χ4v) is 3.83. The van der Waals surface area contributed by atoms with Crippen LogP contribution in [0.2, 0.25) is 5.02 Å². The van der Waals surface area contributed by atoms with Crippen molar-refractivity contribution < 1.29 is 4.79 Å². The van der Waals surface area contributed by atoms with Crippen LogP contribution in [-0.4, -0.2) is 15.5 Å². The topological polar surface area (TPSA) is 46.9 Å². The van der Waals surface area contributed by atoms with Crippen molar-refractivity contribution in [1.29, 1.82) is 0 Å². The number of rotatable bonds is 5. The summed E-state index contributed by atoms with van der Waals surface area (Å²) in [5.41, 5.74) is 3.54. The third-order valence-electron chi connectivity index (χ3n) is 4.79. The molecule has 0 aliphatic carbocycles. The van der Waals surface area contributed by atoms with E-state index in [2.05, 4.69) is 37.9 Å². The molecule has 1 atom stereocenters. The minimum Gasteiger partial charge on any atom is -0.342 e. The monoisotopic (exact) mass is 467 g/mol. The van der Waals surface area contributed by atoms with Crippen LogP contribution in [-0.2, 0) is 6.54 Å². The molecule has 0 saturated carbocycles. The highest BCUT2D eigenvalue weighted by atomic mass is 79.9. The van der Waals surface area contributed by atoms with E-state index in [4.69, 9.17) is 16.6 Å². The Hall–Kier alpha value is -2.63. The van der Waals surface area contributed by atoms with E-state index in [-0.39, 0.29) is 11.9 Å². The van der Waals surface area contributed by atoms with Crippen LogP contribution >= 0.6 is 27.5 Å². The van der Waals surface area contributed by atoms with Crippen LogP contribution in [0.4, 0.5) is 0 Å². The molecule has 0 bridgehead atoms. The third-order valence-corrected chi connectivity index (χ3v) is 5.65. The Morgan fingerprint density at radius 1 is 1.07 bits per heavy atom. The molecule has 0 radical (unpaired) electrons. The van der Waals surface area contributed by atoms with Crippen molar-refractivity contribution in [1.82, 2.24) is 14.9 Å². The lowest BCUT2D eigenvalue weighted by molar-refractivity contribution is 0.0938. The van der Waals surface area contributed by atoms with Crippen molar-refractivity contribution in [2.24, 2.45) is 0 Å². The SMILES string of the molecule is CC(NC(=O)c1ccccc1Cl)c1nc2ccccc2n1Cc1ccc(Br)cc1. The van der Waals surface area contributed by atoms with E-state index in [0.717, 1.165) is 26.9 Å². The summed E-state index contributed by atoms with van der Waals surface area (Å²) in [6, 6.07) is 23.0. The molecule has 4 aromatic rings. The molecule has 6 heteroatoms. The predicted molar refractivity (Wildman–Crippen MR) is 120 cm³/mol. The van der Waals surface area contributed by atoms with Gasteiger partial charge in [-0.1, -0.05) is 63.9 Å². The molecule has 146 valence electrons. The number of hydrogen-bond acceptors (Lipinski definition) is 2. The number of hydrogen-bond donors (Lipinski definition) is 1. The van der Waals surface area contributed by atoms with Gasteiger partial charge in [-0.3, -0.25) is 4.79 Å². The van der Waals surface area contributed by atoms with Gasteiger partial charge in [-0.05, 0) is 48.9 Å². The van der Waals surface area contributed by atoms with E-state index >= 15 is 0 Å². The van der Waals surface area contributed by atoms with Crippen molar-refractivity contribution in [3.05, 3.63) is 99.2 Å². The summed E-state index contributed by atoms with van der Waals surface area (Å²) in [5, 5.41) is 3.47. The highest BCUT2D eigenvalue weighted by Gasteiger charge is 2.20. The maximum atomic E-state index is 12.7. The van der Waals surface area contributed by atoms with Crippen LogP contribution in [0.25, 0.3) is 11.0 Å². The van der Waals surface area contributed by atoms with Gasteiger partial charge in [0.1, 0.15) is 5.82 Å². The number of imidazole rings is 1. The Morgan fingerprint density at radius 3 is 2.52 bits per heavy atom. The third kappa shape index (κ3) is 4.21. The number of nitrogens with zero attached hydrogens (tertiary/aromatic N) is 2. The van der Waals surface area contributed by atoms with Crippen molar-refractivity contribution in [3.63, 3.8) is 0 Å².